The summed E-state index contributed by atoms with van der Waals surface area (Å²) in [6.07, 6.45) is 1.04. The third-order valence-corrected chi connectivity index (χ3v) is 5.46. The Morgan fingerprint density at radius 1 is 1.15 bits per heavy atom. The monoisotopic (exact) mass is 384 g/mol. The van der Waals surface area contributed by atoms with Crippen molar-refractivity contribution >= 4 is 28.4 Å². The van der Waals surface area contributed by atoms with Gasteiger partial charge in [0.05, 0.1) is 26.5 Å². The van der Waals surface area contributed by atoms with E-state index in [1.54, 1.807) is 26.0 Å². The molecule has 0 atom stereocenters. The fraction of sp³-hybridized carbons (Fsp3) is 0.333. The van der Waals surface area contributed by atoms with Crippen LogP contribution in [0.15, 0.2) is 47.5 Å². The summed E-state index contributed by atoms with van der Waals surface area (Å²) in [5.74, 6) is 2.41. The van der Waals surface area contributed by atoms with E-state index >= 15 is 0 Å². The number of amidine groups is 1. The van der Waals surface area contributed by atoms with Crippen molar-refractivity contribution < 1.29 is 14.3 Å². The number of aliphatic imine (C=N–C) groups is 1. The molecule has 0 amide bonds. The van der Waals surface area contributed by atoms with Gasteiger partial charge >= 0.3 is 0 Å². The average molecular weight is 385 g/mol. The number of carbonyl (C=O) groups excluding carboxylic acids is 1. The largest absolute Gasteiger partial charge is 0.497 e. The summed E-state index contributed by atoms with van der Waals surface area (Å²) in [7, 11) is 3.25. The molecule has 0 unspecified atom stereocenters. The van der Waals surface area contributed by atoms with Crippen molar-refractivity contribution in [2.24, 2.45) is 4.99 Å². The average Bonchev–Trinajstić information content (AvgIpc) is 2.72. The van der Waals surface area contributed by atoms with E-state index in [2.05, 4.69) is 4.99 Å². The zero-order chi connectivity index (χ0) is 19.2. The molecule has 0 aromatic heterocycles. The molecule has 0 saturated carbocycles. The Hall–Kier alpha value is -2.47. The van der Waals surface area contributed by atoms with E-state index in [0.717, 1.165) is 35.1 Å². The van der Waals surface area contributed by atoms with Crippen LogP contribution in [-0.4, -0.2) is 44.0 Å². The highest BCUT2D eigenvalue weighted by atomic mass is 32.2. The minimum Gasteiger partial charge on any atom is -0.497 e. The maximum Gasteiger partial charge on any atom is 0.182 e. The zero-order valence-corrected chi connectivity index (χ0v) is 16.7. The van der Waals surface area contributed by atoms with Gasteiger partial charge in [0.2, 0.25) is 0 Å². The molecule has 3 rings (SSSR count). The van der Waals surface area contributed by atoms with Gasteiger partial charge in [-0.25, -0.2) is 0 Å². The van der Waals surface area contributed by atoms with Gasteiger partial charge in [-0.1, -0.05) is 41.6 Å². The summed E-state index contributed by atoms with van der Waals surface area (Å²) in [6, 6.07) is 13.2. The molecule has 0 aliphatic carbocycles. The van der Waals surface area contributed by atoms with Crippen molar-refractivity contribution in [3.63, 3.8) is 0 Å². The topological polar surface area (TPSA) is 51.1 Å². The summed E-state index contributed by atoms with van der Waals surface area (Å²) in [4.78, 5) is 19.6. The Morgan fingerprint density at radius 3 is 2.56 bits per heavy atom. The van der Waals surface area contributed by atoms with Gasteiger partial charge in [0.15, 0.2) is 11.0 Å². The molecule has 1 heterocycles. The molecule has 0 fully saturated rings. The van der Waals surface area contributed by atoms with Crippen LogP contribution in [0.25, 0.3) is 0 Å². The van der Waals surface area contributed by atoms with Gasteiger partial charge in [-0.05, 0) is 25.5 Å². The Balaban J connectivity index is 1.98. The SMILES string of the molecule is COc1ccc(OC)c(N(CC(=O)c2ccc(C)cc2)C2=NCCCS2)c1. The van der Waals surface area contributed by atoms with Gasteiger partial charge in [0.1, 0.15) is 11.5 Å². The number of aryl methyl sites for hydroxylation is 1. The number of anilines is 1. The quantitative estimate of drug-likeness (QED) is 0.699. The van der Waals surface area contributed by atoms with Crippen LogP contribution in [0.5, 0.6) is 11.5 Å². The molecule has 0 N–H and O–H groups in total. The number of nitrogens with zero attached hydrogens (tertiary/aromatic N) is 2. The predicted molar refractivity (Wildman–Crippen MR) is 112 cm³/mol. The number of rotatable bonds is 6. The smallest absolute Gasteiger partial charge is 0.182 e. The molecule has 6 heteroatoms. The van der Waals surface area contributed by atoms with Crippen LogP contribution in [0.1, 0.15) is 22.3 Å². The number of hydrogen-bond donors (Lipinski definition) is 0. The lowest BCUT2D eigenvalue weighted by atomic mass is 10.1. The highest BCUT2D eigenvalue weighted by Crippen LogP contribution is 2.35. The normalized spacial score (nSPS) is 13.7. The molecule has 27 heavy (non-hydrogen) atoms. The number of hydrogen-bond acceptors (Lipinski definition) is 6. The standard InChI is InChI=1S/C21H24N2O3S/c1-15-5-7-16(8-6-15)19(24)14-23(21-22-11-4-12-27-21)18-13-17(25-2)9-10-20(18)26-3/h5-10,13H,4,11-12,14H2,1-3H3. The van der Waals surface area contributed by atoms with E-state index in [-0.39, 0.29) is 12.3 Å². The first-order chi connectivity index (χ1) is 13.1. The number of ether oxygens (including phenoxy) is 2. The minimum atomic E-state index is 0.0359. The number of ketones is 1. The van der Waals surface area contributed by atoms with Crippen molar-refractivity contribution in [1.82, 2.24) is 0 Å². The number of thioether (sulfide) groups is 1. The summed E-state index contributed by atoms with van der Waals surface area (Å²) in [5.41, 5.74) is 2.60. The summed E-state index contributed by atoms with van der Waals surface area (Å²) < 4.78 is 10.9. The van der Waals surface area contributed by atoms with Crippen molar-refractivity contribution in [2.45, 2.75) is 13.3 Å². The van der Waals surface area contributed by atoms with E-state index in [1.165, 1.54) is 0 Å². The maximum atomic E-state index is 13.0. The maximum absolute atomic E-state index is 13.0. The van der Waals surface area contributed by atoms with Gasteiger partial charge in [0.25, 0.3) is 0 Å². The minimum absolute atomic E-state index is 0.0359. The van der Waals surface area contributed by atoms with Gasteiger partial charge in [-0.3, -0.25) is 9.79 Å². The van der Waals surface area contributed by atoms with Crippen LogP contribution >= 0.6 is 11.8 Å². The van der Waals surface area contributed by atoms with Crippen LogP contribution in [0.2, 0.25) is 0 Å². The van der Waals surface area contributed by atoms with E-state index in [9.17, 15) is 4.79 Å². The molecule has 0 bridgehead atoms. The molecular weight excluding hydrogens is 360 g/mol. The molecule has 2 aromatic rings. The van der Waals surface area contributed by atoms with Crippen molar-refractivity contribution in [3.8, 4) is 11.5 Å². The first-order valence-electron chi connectivity index (χ1n) is 8.89. The number of methoxy groups -OCH3 is 2. The Kier molecular flexibility index (Phi) is 6.40. The van der Waals surface area contributed by atoms with Crippen molar-refractivity contribution in [1.29, 1.82) is 0 Å². The fourth-order valence-electron chi connectivity index (χ4n) is 2.85. The van der Waals surface area contributed by atoms with E-state index in [1.807, 2.05) is 54.3 Å². The lowest BCUT2D eigenvalue weighted by Gasteiger charge is -2.28. The molecule has 0 radical (unpaired) electrons. The highest BCUT2D eigenvalue weighted by molar-refractivity contribution is 8.14. The zero-order valence-electron chi connectivity index (χ0n) is 15.9. The third kappa shape index (κ3) is 4.63. The van der Waals surface area contributed by atoms with Crippen molar-refractivity contribution in [3.05, 3.63) is 53.6 Å². The Labute approximate surface area is 164 Å². The Morgan fingerprint density at radius 2 is 1.93 bits per heavy atom. The lowest BCUT2D eigenvalue weighted by Crippen LogP contribution is -2.36. The molecule has 0 spiro atoms. The molecule has 1 aliphatic rings. The van der Waals surface area contributed by atoms with Gasteiger partial charge in [-0.2, -0.15) is 0 Å². The van der Waals surface area contributed by atoms with Crippen LogP contribution in [0, 0.1) is 6.92 Å². The first kappa shape index (κ1) is 19.3. The van der Waals surface area contributed by atoms with Gasteiger partial charge in [-0.15, -0.1) is 0 Å². The summed E-state index contributed by atoms with van der Waals surface area (Å²) in [6.45, 7) is 2.97. The second-order valence-corrected chi connectivity index (χ2v) is 7.34. The number of benzene rings is 2. The van der Waals surface area contributed by atoms with Crippen LogP contribution in [-0.2, 0) is 0 Å². The lowest BCUT2D eigenvalue weighted by molar-refractivity contribution is 0.100. The predicted octanol–water partition coefficient (Wildman–Crippen LogP) is 4.19. The van der Waals surface area contributed by atoms with Crippen LogP contribution in [0.3, 0.4) is 0 Å². The Bertz CT molecular complexity index is 834. The number of Topliss-reactive ketones (excluding diaryl/α,β-unsaturated/α-hetero) is 1. The van der Waals surface area contributed by atoms with Crippen LogP contribution < -0.4 is 14.4 Å². The van der Waals surface area contributed by atoms with E-state index < -0.39 is 0 Å². The molecule has 5 nitrogen and oxygen atoms in total. The van der Waals surface area contributed by atoms with E-state index in [4.69, 9.17) is 9.47 Å². The van der Waals surface area contributed by atoms with Gasteiger partial charge in [0, 0.05) is 23.9 Å². The second kappa shape index (κ2) is 8.95. The fourth-order valence-corrected chi connectivity index (χ4v) is 3.81. The molecular formula is C21H24N2O3S. The van der Waals surface area contributed by atoms with Gasteiger partial charge < -0.3 is 14.4 Å². The molecule has 2 aromatic carbocycles. The third-order valence-electron chi connectivity index (χ3n) is 4.36. The highest BCUT2D eigenvalue weighted by Gasteiger charge is 2.24. The number of carbonyl (C=O) groups is 1. The molecule has 0 saturated heterocycles. The second-order valence-electron chi connectivity index (χ2n) is 6.28. The van der Waals surface area contributed by atoms with E-state index in [0.29, 0.717) is 17.1 Å². The molecule has 142 valence electrons. The first-order valence-corrected chi connectivity index (χ1v) is 9.87. The summed E-state index contributed by atoms with van der Waals surface area (Å²) >= 11 is 1.67. The van der Waals surface area contributed by atoms with Crippen molar-refractivity contribution in [2.75, 3.05) is 38.0 Å². The molecule has 1 aliphatic heterocycles. The van der Waals surface area contributed by atoms with Crippen LogP contribution in [0.4, 0.5) is 5.69 Å². The summed E-state index contributed by atoms with van der Waals surface area (Å²) in [5, 5.41) is 0.841.